The van der Waals surface area contributed by atoms with Crippen molar-refractivity contribution in [2.24, 2.45) is 0 Å². The standard InChI is InChI=1S/C13H13N3O4/c14-9-3-1-2-7-8(9)6-16(11(7)18)13(20)5-4-10(17)15-12(13)19/h1-3,20H,4-6,14H2,(H,15,17,19). The quantitative estimate of drug-likeness (QED) is 0.465. The summed E-state index contributed by atoms with van der Waals surface area (Å²) in [5.41, 5.74) is 5.22. The fourth-order valence-electron chi connectivity index (χ4n) is 2.60. The molecule has 1 unspecified atom stereocenters. The number of hydrogen-bond donors (Lipinski definition) is 3. The summed E-state index contributed by atoms with van der Waals surface area (Å²) in [6.07, 6.45) is -0.130. The number of imide groups is 1. The first-order valence-corrected chi connectivity index (χ1v) is 6.19. The molecule has 0 spiro atoms. The Morgan fingerprint density at radius 1 is 1.30 bits per heavy atom. The fourth-order valence-corrected chi connectivity index (χ4v) is 2.60. The molecular formula is C13H13N3O4. The minimum atomic E-state index is -2.00. The Morgan fingerprint density at radius 3 is 2.70 bits per heavy atom. The molecule has 0 radical (unpaired) electrons. The van der Waals surface area contributed by atoms with Crippen LogP contribution in [0.2, 0.25) is 0 Å². The van der Waals surface area contributed by atoms with Crippen LogP contribution in [0.5, 0.6) is 0 Å². The molecule has 1 aromatic carbocycles. The fraction of sp³-hybridized carbons (Fsp3) is 0.308. The van der Waals surface area contributed by atoms with Crippen molar-refractivity contribution in [2.75, 3.05) is 5.73 Å². The Morgan fingerprint density at radius 2 is 2.05 bits per heavy atom. The van der Waals surface area contributed by atoms with Gasteiger partial charge in [0.2, 0.25) is 11.6 Å². The zero-order valence-electron chi connectivity index (χ0n) is 10.5. The van der Waals surface area contributed by atoms with E-state index in [1.54, 1.807) is 18.2 Å². The topological polar surface area (TPSA) is 113 Å². The molecule has 0 bridgehead atoms. The number of carbonyl (C=O) groups is 3. The van der Waals surface area contributed by atoms with Crippen LogP contribution in [0, 0.1) is 0 Å². The van der Waals surface area contributed by atoms with Gasteiger partial charge in [0.25, 0.3) is 11.8 Å². The van der Waals surface area contributed by atoms with E-state index in [0.717, 1.165) is 4.90 Å². The van der Waals surface area contributed by atoms with E-state index in [-0.39, 0.29) is 19.4 Å². The molecule has 0 aliphatic carbocycles. The average molecular weight is 275 g/mol. The van der Waals surface area contributed by atoms with Gasteiger partial charge in [-0.05, 0) is 12.1 Å². The van der Waals surface area contributed by atoms with Crippen molar-refractivity contribution < 1.29 is 19.5 Å². The predicted octanol–water partition coefficient (Wildman–Crippen LogP) is -0.650. The number of nitrogens with zero attached hydrogens (tertiary/aromatic N) is 1. The molecule has 20 heavy (non-hydrogen) atoms. The summed E-state index contributed by atoms with van der Waals surface area (Å²) in [5, 5.41) is 12.5. The third-order valence-electron chi connectivity index (χ3n) is 3.77. The molecule has 0 saturated carbocycles. The lowest BCUT2D eigenvalue weighted by Gasteiger charge is -2.37. The second-order valence-corrected chi connectivity index (χ2v) is 4.96. The predicted molar refractivity (Wildman–Crippen MR) is 68.1 cm³/mol. The van der Waals surface area contributed by atoms with Gasteiger partial charge in [0, 0.05) is 29.7 Å². The van der Waals surface area contributed by atoms with Gasteiger partial charge in [0.1, 0.15) is 0 Å². The number of nitrogens with one attached hydrogen (secondary N) is 1. The van der Waals surface area contributed by atoms with Crippen LogP contribution in [0.25, 0.3) is 0 Å². The first kappa shape index (κ1) is 12.6. The minimum Gasteiger partial charge on any atom is -0.398 e. The number of nitrogen functional groups attached to an aromatic ring is 1. The lowest BCUT2D eigenvalue weighted by Crippen LogP contribution is -2.63. The van der Waals surface area contributed by atoms with Crippen molar-refractivity contribution >= 4 is 23.4 Å². The van der Waals surface area contributed by atoms with E-state index >= 15 is 0 Å². The molecule has 7 nitrogen and oxygen atoms in total. The van der Waals surface area contributed by atoms with E-state index in [1.165, 1.54) is 0 Å². The largest absolute Gasteiger partial charge is 0.398 e. The number of amides is 3. The lowest BCUT2D eigenvalue weighted by molar-refractivity contribution is -0.167. The SMILES string of the molecule is Nc1cccc2c1CN(C1(O)CCC(=O)NC1=O)C2=O. The highest BCUT2D eigenvalue weighted by Crippen LogP contribution is 2.34. The first-order chi connectivity index (χ1) is 9.43. The molecule has 7 heteroatoms. The van der Waals surface area contributed by atoms with E-state index in [4.69, 9.17) is 5.73 Å². The van der Waals surface area contributed by atoms with Crippen LogP contribution in [-0.2, 0) is 16.1 Å². The molecule has 4 N–H and O–H groups in total. The monoisotopic (exact) mass is 275 g/mol. The van der Waals surface area contributed by atoms with Crippen LogP contribution in [0.1, 0.15) is 28.8 Å². The Hall–Kier alpha value is -2.41. The molecule has 2 aliphatic rings. The molecule has 1 fully saturated rings. The summed E-state index contributed by atoms with van der Waals surface area (Å²) in [5.74, 6) is -1.78. The minimum absolute atomic E-state index is 0.0160. The first-order valence-electron chi connectivity index (χ1n) is 6.19. The Balaban J connectivity index is 1.98. The Labute approximate surface area is 114 Å². The summed E-state index contributed by atoms with van der Waals surface area (Å²) in [4.78, 5) is 36.4. The maximum absolute atomic E-state index is 12.3. The van der Waals surface area contributed by atoms with Crippen LogP contribution in [0.4, 0.5) is 5.69 Å². The summed E-state index contributed by atoms with van der Waals surface area (Å²) in [7, 11) is 0. The molecule has 0 aromatic heterocycles. The van der Waals surface area contributed by atoms with Crippen LogP contribution in [-0.4, -0.2) is 33.5 Å². The maximum atomic E-state index is 12.3. The van der Waals surface area contributed by atoms with Gasteiger partial charge in [-0.3, -0.25) is 24.6 Å². The smallest absolute Gasteiger partial charge is 0.279 e. The number of anilines is 1. The lowest BCUT2D eigenvalue weighted by atomic mass is 10.00. The summed E-state index contributed by atoms with van der Waals surface area (Å²) in [6.45, 7) is 0.0545. The number of benzene rings is 1. The second kappa shape index (κ2) is 4.04. The normalized spacial score (nSPS) is 25.6. The number of fused-ring (bicyclic) bond motifs is 1. The van der Waals surface area contributed by atoms with Gasteiger partial charge in [-0.25, -0.2) is 0 Å². The third-order valence-corrected chi connectivity index (χ3v) is 3.77. The number of hydrogen-bond acceptors (Lipinski definition) is 5. The van der Waals surface area contributed by atoms with Crippen LogP contribution in [0.3, 0.4) is 0 Å². The van der Waals surface area contributed by atoms with Gasteiger partial charge < -0.3 is 10.8 Å². The van der Waals surface area contributed by atoms with Gasteiger partial charge in [0.05, 0.1) is 6.54 Å². The van der Waals surface area contributed by atoms with Gasteiger partial charge in [-0.15, -0.1) is 0 Å². The Bertz CT molecular complexity index is 643. The van der Waals surface area contributed by atoms with Crippen molar-refractivity contribution in [3.63, 3.8) is 0 Å². The molecule has 2 aliphatic heterocycles. The van der Waals surface area contributed by atoms with E-state index in [9.17, 15) is 19.5 Å². The number of aliphatic hydroxyl groups is 1. The zero-order chi connectivity index (χ0) is 14.5. The molecule has 3 rings (SSSR count). The maximum Gasteiger partial charge on any atom is 0.279 e. The highest BCUT2D eigenvalue weighted by Gasteiger charge is 2.51. The second-order valence-electron chi connectivity index (χ2n) is 4.96. The van der Waals surface area contributed by atoms with Crippen molar-refractivity contribution in [3.05, 3.63) is 29.3 Å². The Kier molecular flexibility index (Phi) is 2.55. The molecular weight excluding hydrogens is 262 g/mol. The highest BCUT2D eigenvalue weighted by molar-refractivity contribution is 6.07. The van der Waals surface area contributed by atoms with Crippen LogP contribution >= 0.6 is 0 Å². The summed E-state index contributed by atoms with van der Waals surface area (Å²) >= 11 is 0. The number of rotatable bonds is 1. The van der Waals surface area contributed by atoms with Crippen molar-refractivity contribution in [2.45, 2.75) is 25.1 Å². The third kappa shape index (κ3) is 1.60. The molecule has 1 saturated heterocycles. The van der Waals surface area contributed by atoms with E-state index in [1.807, 2.05) is 0 Å². The molecule has 1 aromatic rings. The van der Waals surface area contributed by atoms with Crippen molar-refractivity contribution in [1.29, 1.82) is 0 Å². The van der Waals surface area contributed by atoms with E-state index in [2.05, 4.69) is 5.32 Å². The molecule has 104 valence electrons. The van der Waals surface area contributed by atoms with Gasteiger partial charge in [0.15, 0.2) is 0 Å². The zero-order valence-corrected chi connectivity index (χ0v) is 10.5. The van der Waals surface area contributed by atoms with E-state index in [0.29, 0.717) is 16.8 Å². The van der Waals surface area contributed by atoms with E-state index < -0.39 is 23.4 Å². The summed E-state index contributed by atoms with van der Waals surface area (Å²) in [6, 6.07) is 4.90. The number of carbonyl (C=O) groups excluding carboxylic acids is 3. The summed E-state index contributed by atoms with van der Waals surface area (Å²) < 4.78 is 0. The van der Waals surface area contributed by atoms with Gasteiger partial charge >= 0.3 is 0 Å². The van der Waals surface area contributed by atoms with Crippen LogP contribution in [0.15, 0.2) is 18.2 Å². The van der Waals surface area contributed by atoms with Gasteiger partial charge in [-0.1, -0.05) is 6.07 Å². The highest BCUT2D eigenvalue weighted by atomic mass is 16.3. The van der Waals surface area contributed by atoms with Crippen molar-refractivity contribution in [3.8, 4) is 0 Å². The molecule has 2 heterocycles. The number of nitrogens with two attached hydrogens (primary N) is 1. The molecule has 3 amide bonds. The molecule has 1 atom stereocenters. The van der Waals surface area contributed by atoms with Crippen molar-refractivity contribution in [1.82, 2.24) is 10.2 Å². The van der Waals surface area contributed by atoms with Crippen LogP contribution < -0.4 is 11.1 Å². The van der Waals surface area contributed by atoms with Gasteiger partial charge in [-0.2, -0.15) is 0 Å². The average Bonchev–Trinajstić information content (AvgIpc) is 2.75. The number of piperidine rings is 1.